The largest absolute Gasteiger partial charge is 0.497 e. The molecule has 132 valence electrons. The van der Waals surface area contributed by atoms with E-state index in [0.717, 1.165) is 22.0 Å². The third-order valence-corrected chi connectivity index (χ3v) is 4.11. The van der Waals surface area contributed by atoms with Crippen LogP contribution in [0.15, 0.2) is 65.8 Å². The normalized spacial score (nSPS) is 11.3. The minimum atomic E-state index is -0.331. The third-order valence-electron chi connectivity index (χ3n) is 4.11. The molecular weight excluding hydrogens is 328 g/mol. The van der Waals surface area contributed by atoms with Gasteiger partial charge in [-0.25, -0.2) is 5.43 Å². The number of benzene rings is 3. The second-order valence-electron chi connectivity index (χ2n) is 5.80. The Balaban J connectivity index is 1.80. The maximum atomic E-state index is 12.4. The summed E-state index contributed by atoms with van der Waals surface area (Å²) < 4.78 is 10.4. The van der Waals surface area contributed by atoms with Gasteiger partial charge in [0.2, 0.25) is 0 Å². The van der Waals surface area contributed by atoms with Crippen molar-refractivity contribution in [1.82, 2.24) is 5.43 Å². The lowest BCUT2D eigenvalue weighted by molar-refractivity contribution is 0.0954. The van der Waals surface area contributed by atoms with Crippen LogP contribution in [0.25, 0.3) is 10.8 Å². The number of amides is 1. The number of rotatable bonds is 5. The van der Waals surface area contributed by atoms with Gasteiger partial charge in [0, 0.05) is 11.6 Å². The fourth-order valence-corrected chi connectivity index (χ4v) is 2.62. The first-order chi connectivity index (χ1) is 12.6. The van der Waals surface area contributed by atoms with Gasteiger partial charge >= 0.3 is 0 Å². The van der Waals surface area contributed by atoms with Crippen molar-refractivity contribution in [3.05, 3.63) is 71.8 Å². The zero-order valence-electron chi connectivity index (χ0n) is 14.9. The van der Waals surface area contributed by atoms with Crippen LogP contribution in [0.1, 0.15) is 22.8 Å². The van der Waals surface area contributed by atoms with E-state index in [2.05, 4.69) is 22.7 Å². The van der Waals surface area contributed by atoms with Crippen molar-refractivity contribution in [2.24, 2.45) is 5.10 Å². The first-order valence-electron chi connectivity index (χ1n) is 8.17. The van der Waals surface area contributed by atoms with Crippen molar-refractivity contribution in [2.75, 3.05) is 14.2 Å². The van der Waals surface area contributed by atoms with Gasteiger partial charge in [0.05, 0.1) is 19.9 Å². The Morgan fingerprint density at radius 3 is 2.15 bits per heavy atom. The van der Waals surface area contributed by atoms with Gasteiger partial charge in [0.25, 0.3) is 5.91 Å². The second kappa shape index (κ2) is 7.70. The molecule has 3 rings (SSSR count). The lowest BCUT2D eigenvalue weighted by atomic mass is 10.0. The molecular formula is C21H20N2O3. The number of carbonyl (C=O) groups is 1. The third kappa shape index (κ3) is 3.83. The molecule has 0 heterocycles. The van der Waals surface area contributed by atoms with E-state index in [-0.39, 0.29) is 5.91 Å². The number of nitrogens with one attached hydrogen (secondary N) is 1. The van der Waals surface area contributed by atoms with E-state index in [4.69, 9.17) is 9.47 Å². The Hall–Kier alpha value is -3.34. The highest BCUT2D eigenvalue weighted by Crippen LogP contribution is 2.22. The molecule has 26 heavy (non-hydrogen) atoms. The van der Waals surface area contributed by atoms with Gasteiger partial charge in [-0.2, -0.15) is 5.10 Å². The lowest BCUT2D eigenvalue weighted by Crippen LogP contribution is -2.19. The molecule has 1 N–H and O–H groups in total. The predicted molar refractivity (Wildman–Crippen MR) is 103 cm³/mol. The van der Waals surface area contributed by atoms with Crippen LogP contribution in [0, 0.1) is 0 Å². The predicted octanol–water partition coefficient (Wildman–Crippen LogP) is 4.01. The Morgan fingerprint density at radius 2 is 1.50 bits per heavy atom. The molecule has 0 aliphatic heterocycles. The van der Waals surface area contributed by atoms with Crippen LogP contribution in [-0.4, -0.2) is 25.8 Å². The molecule has 3 aromatic rings. The number of carbonyl (C=O) groups excluding carboxylic acids is 1. The SMILES string of the molecule is COc1cc(OC)cc(C(=O)N/N=C(/C)c2ccc3ccccc3c2)c1. The fraction of sp³-hybridized carbons (Fsp3) is 0.143. The average Bonchev–Trinajstić information content (AvgIpc) is 2.70. The highest BCUT2D eigenvalue weighted by atomic mass is 16.5. The zero-order chi connectivity index (χ0) is 18.5. The summed E-state index contributed by atoms with van der Waals surface area (Å²) in [6.45, 7) is 1.86. The van der Waals surface area contributed by atoms with Crippen LogP contribution in [0.3, 0.4) is 0 Å². The monoisotopic (exact) mass is 348 g/mol. The number of nitrogens with zero attached hydrogens (tertiary/aromatic N) is 1. The van der Waals surface area contributed by atoms with E-state index in [0.29, 0.717) is 17.1 Å². The topological polar surface area (TPSA) is 59.9 Å². The van der Waals surface area contributed by atoms with Gasteiger partial charge < -0.3 is 9.47 Å². The zero-order valence-corrected chi connectivity index (χ0v) is 14.9. The van der Waals surface area contributed by atoms with Crippen molar-refractivity contribution >= 4 is 22.4 Å². The first-order valence-corrected chi connectivity index (χ1v) is 8.17. The summed E-state index contributed by atoms with van der Waals surface area (Å²) in [5.41, 5.74) is 4.67. The van der Waals surface area contributed by atoms with E-state index < -0.39 is 0 Å². The summed E-state index contributed by atoms with van der Waals surface area (Å²) in [5.74, 6) is 0.761. The molecule has 0 bridgehead atoms. The van der Waals surface area contributed by atoms with Crippen LogP contribution < -0.4 is 14.9 Å². The first kappa shape index (κ1) is 17.5. The molecule has 0 saturated heterocycles. The number of methoxy groups -OCH3 is 2. The van der Waals surface area contributed by atoms with Gasteiger partial charge in [-0.1, -0.05) is 36.4 Å². The van der Waals surface area contributed by atoms with Crippen molar-refractivity contribution in [2.45, 2.75) is 6.92 Å². The Kier molecular flexibility index (Phi) is 5.17. The Bertz CT molecular complexity index is 958. The molecule has 0 aliphatic rings. The smallest absolute Gasteiger partial charge is 0.271 e. The molecule has 5 heteroatoms. The summed E-state index contributed by atoms with van der Waals surface area (Å²) in [6.07, 6.45) is 0. The van der Waals surface area contributed by atoms with Crippen LogP contribution in [-0.2, 0) is 0 Å². The van der Waals surface area contributed by atoms with Crippen LogP contribution in [0.4, 0.5) is 0 Å². The van der Waals surface area contributed by atoms with Gasteiger partial charge in [0.1, 0.15) is 11.5 Å². The Labute approximate surface area is 152 Å². The van der Waals surface area contributed by atoms with Crippen LogP contribution in [0.2, 0.25) is 0 Å². The summed E-state index contributed by atoms with van der Waals surface area (Å²) in [7, 11) is 3.08. The maximum Gasteiger partial charge on any atom is 0.271 e. The minimum absolute atomic E-state index is 0.331. The summed E-state index contributed by atoms with van der Waals surface area (Å²) in [4.78, 5) is 12.4. The van der Waals surface area contributed by atoms with Gasteiger partial charge in [-0.05, 0) is 41.5 Å². The fourth-order valence-electron chi connectivity index (χ4n) is 2.62. The molecule has 0 aromatic heterocycles. The number of hydrogen-bond acceptors (Lipinski definition) is 4. The summed E-state index contributed by atoms with van der Waals surface area (Å²) in [6, 6.07) is 19.2. The van der Waals surface area contributed by atoms with E-state index >= 15 is 0 Å². The van der Waals surface area contributed by atoms with E-state index in [9.17, 15) is 4.79 Å². The molecule has 1 amide bonds. The van der Waals surface area contributed by atoms with Crippen LogP contribution in [0.5, 0.6) is 11.5 Å². The molecule has 0 unspecified atom stereocenters. The van der Waals surface area contributed by atoms with E-state index in [1.807, 2.05) is 37.3 Å². The number of hydrazone groups is 1. The van der Waals surface area contributed by atoms with Gasteiger partial charge in [-0.15, -0.1) is 0 Å². The number of fused-ring (bicyclic) bond motifs is 1. The molecule has 5 nitrogen and oxygen atoms in total. The molecule has 0 atom stereocenters. The highest BCUT2D eigenvalue weighted by Gasteiger charge is 2.10. The quantitative estimate of drug-likeness (QED) is 0.560. The molecule has 0 spiro atoms. The lowest BCUT2D eigenvalue weighted by Gasteiger charge is -2.08. The number of ether oxygens (including phenoxy) is 2. The van der Waals surface area contributed by atoms with E-state index in [1.165, 1.54) is 0 Å². The maximum absolute atomic E-state index is 12.4. The summed E-state index contributed by atoms with van der Waals surface area (Å²) >= 11 is 0. The van der Waals surface area contributed by atoms with Gasteiger partial charge in [-0.3, -0.25) is 4.79 Å². The van der Waals surface area contributed by atoms with Crippen molar-refractivity contribution in [1.29, 1.82) is 0 Å². The van der Waals surface area contributed by atoms with E-state index in [1.54, 1.807) is 32.4 Å². The highest BCUT2D eigenvalue weighted by molar-refractivity contribution is 6.03. The van der Waals surface area contributed by atoms with Crippen molar-refractivity contribution in [3.63, 3.8) is 0 Å². The van der Waals surface area contributed by atoms with Crippen molar-refractivity contribution in [3.8, 4) is 11.5 Å². The molecule has 0 radical (unpaired) electrons. The number of hydrogen-bond donors (Lipinski definition) is 1. The molecule has 0 fully saturated rings. The minimum Gasteiger partial charge on any atom is -0.497 e. The van der Waals surface area contributed by atoms with Crippen LogP contribution >= 0.6 is 0 Å². The van der Waals surface area contributed by atoms with Gasteiger partial charge in [0.15, 0.2) is 0 Å². The summed E-state index contributed by atoms with van der Waals surface area (Å²) in [5, 5.41) is 6.52. The van der Waals surface area contributed by atoms with Crippen molar-refractivity contribution < 1.29 is 14.3 Å². The Morgan fingerprint density at radius 1 is 0.846 bits per heavy atom. The molecule has 3 aromatic carbocycles. The molecule has 0 aliphatic carbocycles. The molecule has 0 saturated carbocycles. The standard InChI is InChI=1S/C21H20N2O3/c1-14(16-9-8-15-6-4-5-7-17(15)10-16)22-23-21(24)18-11-19(25-2)13-20(12-18)26-3/h4-13H,1-3H3,(H,23,24)/b22-14-. The average molecular weight is 348 g/mol. The second-order valence-corrected chi connectivity index (χ2v) is 5.80.